The van der Waals surface area contributed by atoms with E-state index in [0.29, 0.717) is 0 Å². The van der Waals surface area contributed by atoms with Crippen molar-refractivity contribution in [3.63, 3.8) is 0 Å². The molecule has 0 fully saturated rings. The Morgan fingerprint density at radius 1 is 1.71 bits per heavy atom. The summed E-state index contributed by atoms with van der Waals surface area (Å²) in [6.45, 7) is 1.08. The first-order valence-electron chi connectivity index (χ1n) is 1.05. The Balaban J connectivity index is -0.0000000480. The van der Waals surface area contributed by atoms with Crippen LogP contribution in [-0.4, -0.2) is 11.1 Å². The maximum atomic E-state index is 9.00. The molecule has 0 unspecified atom stereocenters. The van der Waals surface area contributed by atoms with Crippen molar-refractivity contribution in [2.75, 3.05) is 0 Å². The number of carboxylic acids is 1. The van der Waals surface area contributed by atoms with Gasteiger partial charge in [-0.1, -0.05) is 0 Å². The third-order valence-electron chi connectivity index (χ3n) is 0. The molecule has 0 aliphatic rings. The predicted octanol–water partition coefficient (Wildman–Crippen LogP) is 0.775. The van der Waals surface area contributed by atoms with Gasteiger partial charge in [0.1, 0.15) is 0 Å². The Labute approximate surface area is 69.8 Å². The molecule has 0 rings (SSSR count). The summed E-state index contributed by atoms with van der Waals surface area (Å²) < 4.78 is 0. The number of carboxylic acid groups (broad SMARTS) is 1. The van der Waals surface area contributed by atoms with Crippen LogP contribution in [0.1, 0.15) is 6.92 Å². The van der Waals surface area contributed by atoms with E-state index in [2.05, 4.69) is 27.7 Å². The van der Waals surface area contributed by atoms with Crippen molar-refractivity contribution in [3.05, 3.63) is 0 Å². The van der Waals surface area contributed by atoms with Crippen LogP contribution in [-0.2, 0) is 42.5 Å². The van der Waals surface area contributed by atoms with Crippen LogP contribution in [0.4, 0.5) is 0 Å². The van der Waals surface area contributed by atoms with Gasteiger partial charge in [0.2, 0.25) is 0 Å². The first-order valence-corrected chi connectivity index (χ1v) is 3.05. The summed E-state index contributed by atoms with van der Waals surface area (Å²) in [7, 11) is 4.49. The number of rotatable bonds is 0. The van der Waals surface area contributed by atoms with Gasteiger partial charge in [-0.2, -0.15) is 0 Å². The first-order chi connectivity index (χ1) is 2.73. The van der Waals surface area contributed by atoms with E-state index in [0.717, 1.165) is 6.92 Å². The van der Waals surface area contributed by atoms with E-state index in [1.54, 1.807) is 0 Å². The van der Waals surface area contributed by atoms with E-state index < -0.39 is 5.97 Å². The maximum absolute atomic E-state index is 9.00. The van der Waals surface area contributed by atoms with Crippen molar-refractivity contribution in [1.29, 1.82) is 0 Å². The topological polar surface area (TPSA) is 37.3 Å². The van der Waals surface area contributed by atoms with E-state index in [4.69, 9.17) is 9.90 Å². The van der Waals surface area contributed by atoms with Crippen LogP contribution < -0.4 is 0 Å². The van der Waals surface area contributed by atoms with Crippen LogP contribution in [0.25, 0.3) is 0 Å². The van der Waals surface area contributed by atoms with Crippen molar-refractivity contribution in [3.8, 4) is 0 Å². The molecule has 0 atom stereocenters. The Hall–Kier alpha value is 1.05. The average molecular weight is 267 g/mol. The van der Waals surface area contributed by atoms with Gasteiger partial charge in [-0.15, -0.1) is 0 Å². The van der Waals surface area contributed by atoms with E-state index in [1.807, 2.05) is 0 Å². The Morgan fingerprint density at radius 2 is 1.71 bits per heavy atom. The summed E-state index contributed by atoms with van der Waals surface area (Å²) in [5, 5.41) is 7.42. The molecule has 0 aromatic rings. The van der Waals surface area contributed by atoms with Gasteiger partial charge in [-0.25, -0.2) is 0 Å². The minimum absolute atomic E-state index is 0. The molecule has 0 saturated heterocycles. The zero-order valence-electron chi connectivity index (χ0n) is 3.76. The molecule has 0 heterocycles. The summed E-state index contributed by atoms with van der Waals surface area (Å²) in [4.78, 5) is 9.00. The molecule has 5 heteroatoms. The van der Waals surface area contributed by atoms with Gasteiger partial charge >= 0.3 is 27.7 Å². The molecule has 43 valence electrons. The molecular formula is C2H4ClO2PdZn. The second kappa shape index (κ2) is 15.7. The van der Waals surface area contributed by atoms with Gasteiger partial charge in [0.15, 0.2) is 0 Å². The summed E-state index contributed by atoms with van der Waals surface area (Å²) in [6.07, 6.45) is 0. The Bertz CT molecular complexity index is 38.7. The monoisotopic (exact) mass is 265 g/mol. The fourth-order valence-electron chi connectivity index (χ4n) is 0. The van der Waals surface area contributed by atoms with Crippen molar-refractivity contribution in [1.82, 2.24) is 0 Å². The molecule has 0 radical (unpaired) electrons. The quantitative estimate of drug-likeness (QED) is 0.658. The van der Waals surface area contributed by atoms with E-state index in [9.17, 15) is 0 Å². The normalized spacial score (nSPS) is 4.57. The van der Waals surface area contributed by atoms with Crippen LogP contribution in [0.3, 0.4) is 0 Å². The standard InChI is InChI=1S/C2H4O2.ClH.Pd.Zn/c1-2(3)4;;;/h1H3,(H,3,4);1H;;/q;;+1;/p-1. The molecule has 0 saturated carbocycles. The third kappa shape index (κ3) is 164. The second-order valence-corrected chi connectivity index (χ2v) is 0.519. The molecule has 0 spiro atoms. The van der Waals surface area contributed by atoms with Crippen molar-refractivity contribution in [2.45, 2.75) is 6.92 Å². The Morgan fingerprint density at radius 3 is 1.71 bits per heavy atom. The number of carbonyl (C=O) groups is 1. The number of aliphatic carboxylic acids is 1. The Kier molecular flexibility index (Phi) is 35.3. The maximum Gasteiger partial charge on any atom is 0 e. The molecule has 0 amide bonds. The first kappa shape index (κ1) is 15.7. The van der Waals surface area contributed by atoms with Crippen LogP contribution in [0, 0.1) is 0 Å². The number of hydrogen-bond acceptors (Lipinski definition) is 1. The van der Waals surface area contributed by atoms with Gasteiger partial charge in [0, 0.05) is 26.4 Å². The molecule has 1 N–H and O–H groups in total. The molecule has 0 aromatic heterocycles. The molecule has 2 nitrogen and oxygen atoms in total. The summed E-state index contributed by atoms with van der Waals surface area (Å²) in [5.41, 5.74) is 0. The van der Waals surface area contributed by atoms with Gasteiger partial charge < -0.3 is 5.11 Å². The van der Waals surface area contributed by atoms with Crippen molar-refractivity contribution < 1.29 is 47.6 Å². The van der Waals surface area contributed by atoms with Crippen LogP contribution >= 0.6 is 9.53 Å². The van der Waals surface area contributed by atoms with E-state index in [1.165, 1.54) is 0 Å². The minimum atomic E-state index is -0.833. The van der Waals surface area contributed by atoms with Gasteiger partial charge in [0.25, 0.3) is 5.97 Å². The smallest absolute Gasteiger partial charge is 0 e. The van der Waals surface area contributed by atoms with Crippen molar-refractivity contribution >= 4 is 15.5 Å². The zero-order valence-corrected chi connectivity index (χ0v) is 9.03. The van der Waals surface area contributed by atoms with Gasteiger partial charge in [-0.05, 0) is 0 Å². The molecule has 0 aliphatic heterocycles. The molecule has 0 aliphatic carbocycles. The average Bonchev–Trinajstić information content (AvgIpc) is 1.41. The minimum Gasteiger partial charge on any atom is 0 e. The zero-order chi connectivity index (χ0) is 5.58. The SMILES string of the molecule is CC(=O)O.[Cl][Pd].[Zn]. The largest absolute Gasteiger partial charge is 0 e. The van der Waals surface area contributed by atoms with Gasteiger partial charge in [0.05, 0.1) is 0 Å². The van der Waals surface area contributed by atoms with E-state index >= 15 is 0 Å². The summed E-state index contributed by atoms with van der Waals surface area (Å²) in [5.74, 6) is -0.833. The van der Waals surface area contributed by atoms with E-state index in [-0.39, 0.29) is 19.5 Å². The molecule has 7 heavy (non-hydrogen) atoms. The fraction of sp³-hybridized carbons (Fsp3) is 0.500. The molecule has 0 bridgehead atoms. The predicted molar refractivity (Wildman–Crippen MR) is 19.2 cm³/mol. The number of halogens is 1. The number of hydrogen-bond donors (Lipinski definition) is 1. The summed E-state index contributed by atoms with van der Waals surface area (Å²) in [6, 6.07) is 0. The van der Waals surface area contributed by atoms with Crippen LogP contribution in [0.2, 0.25) is 0 Å². The molecular weight excluding hydrogens is 263 g/mol. The molecule has 0 aromatic carbocycles. The van der Waals surface area contributed by atoms with Crippen LogP contribution in [0.5, 0.6) is 0 Å². The van der Waals surface area contributed by atoms with Gasteiger partial charge in [-0.3, -0.25) is 4.79 Å². The van der Waals surface area contributed by atoms with Crippen molar-refractivity contribution in [2.24, 2.45) is 0 Å². The van der Waals surface area contributed by atoms with Crippen LogP contribution in [0.15, 0.2) is 0 Å². The third-order valence-corrected chi connectivity index (χ3v) is 0. The second-order valence-electron chi connectivity index (χ2n) is 0.519. The fourth-order valence-corrected chi connectivity index (χ4v) is 0. The summed E-state index contributed by atoms with van der Waals surface area (Å²) >= 11 is 2.22.